The predicted molar refractivity (Wildman–Crippen MR) is 92.5 cm³/mol. The Balaban J connectivity index is 2.10. The topological polar surface area (TPSA) is 53.8 Å². The van der Waals surface area contributed by atoms with Crippen LogP contribution in [0.4, 0.5) is 0 Å². The van der Waals surface area contributed by atoms with Crippen LogP contribution in [0.3, 0.4) is 0 Å². The second kappa shape index (κ2) is 6.55. The number of benzene rings is 1. The van der Waals surface area contributed by atoms with Crippen molar-refractivity contribution in [3.8, 4) is 17.2 Å². The Hall–Kier alpha value is -2.12. The molecule has 0 aliphatic heterocycles. The Kier molecular flexibility index (Phi) is 4.49. The molecule has 0 saturated heterocycles. The Labute approximate surface area is 140 Å². The van der Waals surface area contributed by atoms with Crippen LogP contribution in [-0.2, 0) is 4.79 Å². The SMILES string of the molecule is CC(=O)CSc1nc(C2CC2)cc(-c2ccc(C)cc2)c1C#N. The summed E-state index contributed by atoms with van der Waals surface area (Å²) in [6, 6.07) is 12.5. The van der Waals surface area contributed by atoms with Crippen molar-refractivity contribution in [3.05, 3.63) is 47.2 Å². The van der Waals surface area contributed by atoms with Gasteiger partial charge in [0, 0.05) is 17.2 Å². The quantitative estimate of drug-likeness (QED) is 0.761. The Morgan fingerprint density at radius 1 is 1.35 bits per heavy atom. The monoisotopic (exact) mass is 322 g/mol. The van der Waals surface area contributed by atoms with Gasteiger partial charge in [-0.2, -0.15) is 5.26 Å². The maximum absolute atomic E-state index is 11.3. The van der Waals surface area contributed by atoms with Crippen LogP contribution in [0, 0.1) is 18.3 Å². The van der Waals surface area contributed by atoms with Crippen LogP contribution < -0.4 is 0 Å². The molecule has 0 N–H and O–H groups in total. The molecule has 1 fully saturated rings. The van der Waals surface area contributed by atoms with Gasteiger partial charge in [0.1, 0.15) is 16.9 Å². The number of hydrogen-bond donors (Lipinski definition) is 0. The first kappa shape index (κ1) is 15.8. The van der Waals surface area contributed by atoms with Crippen molar-refractivity contribution in [2.75, 3.05) is 5.75 Å². The van der Waals surface area contributed by atoms with Crippen LogP contribution in [0.2, 0.25) is 0 Å². The van der Waals surface area contributed by atoms with Gasteiger partial charge in [0.2, 0.25) is 0 Å². The molecule has 0 unspecified atom stereocenters. The van der Waals surface area contributed by atoms with E-state index in [-0.39, 0.29) is 5.78 Å². The fraction of sp³-hybridized carbons (Fsp3) is 0.316. The number of ketones is 1. The van der Waals surface area contributed by atoms with Crippen LogP contribution >= 0.6 is 11.8 Å². The lowest BCUT2D eigenvalue weighted by atomic mass is 9.99. The van der Waals surface area contributed by atoms with Crippen molar-refractivity contribution in [3.63, 3.8) is 0 Å². The van der Waals surface area contributed by atoms with Crippen LogP contribution in [0.15, 0.2) is 35.4 Å². The van der Waals surface area contributed by atoms with Gasteiger partial charge in [-0.1, -0.05) is 41.6 Å². The first-order chi connectivity index (χ1) is 11.1. The minimum absolute atomic E-state index is 0.0920. The van der Waals surface area contributed by atoms with Gasteiger partial charge in [0.05, 0.1) is 11.3 Å². The number of aromatic nitrogens is 1. The molecule has 1 aromatic carbocycles. The summed E-state index contributed by atoms with van der Waals surface area (Å²) in [5, 5.41) is 10.3. The molecule has 0 spiro atoms. The third-order valence-electron chi connectivity index (χ3n) is 3.89. The number of thioether (sulfide) groups is 1. The lowest BCUT2D eigenvalue weighted by Gasteiger charge is -2.12. The third kappa shape index (κ3) is 3.62. The summed E-state index contributed by atoms with van der Waals surface area (Å²) in [6.45, 7) is 3.61. The number of Topliss-reactive ketones (excluding diaryl/α,β-unsaturated/α-hetero) is 1. The molecule has 1 aliphatic carbocycles. The zero-order valence-electron chi connectivity index (χ0n) is 13.3. The zero-order valence-corrected chi connectivity index (χ0v) is 14.1. The number of pyridine rings is 1. The van der Waals surface area contributed by atoms with Gasteiger partial charge < -0.3 is 0 Å². The van der Waals surface area contributed by atoms with Gasteiger partial charge in [-0.15, -0.1) is 0 Å². The highest BCUT2D eigenvalue weighted by molar-refractivity contribution is 8.00. The van der Waals surface area contributed by atoms with Gasteiger partial charge in [-0.25, -0.2) is 4.98 Å². The number of rotatable bonds is 5. The second-order valence-electron chi connectivity index (χ2n) is 6.02. The Morgan fingerprint density at radius 2 is 2.04 bits per heavy atom. The molecule has 2 aromatic rings. The minimum atomic E-state index is 0.0920. The van der Waals surface area contributed by atoms with Crippen LogP contribution in [0.25, 0.3) is 11.1 Å². The van der Waals surface area contributed by atoms with E-state index < -0.39 is 0 Å². The number of carbonyl (C=O) groups excluding carboxylic acids is 1. The summed E-state index contributed by atoms with van der Waals surface area (Å²) in [5.74, 6) is 0.946. The fourth-order valence-electron chi connectivity index (χ4n) is 2.47. The molecule has 1 aromatic heterocycles. The van der Waals surface area contributed by atoms with Crippen molar-refractivity contribution >= 4 is 17.5 Å². The smallest absolute Gasteiger partial charge is 0.140 e. The van der Waals surface area contributed by atoms with E-state index in [2.05, 4.69) is 29.3 Å². The van der Waals surface area contributed by atoms with Gasteiger partial charge in [0.15, 0.2) is 0 Å². The van der Waals surface area contributed by atoms with Crippen LogP contribution in [-0.4, -0.2) is 16.5 Å². The first-order valence-electron chi connectivity index (χ1n) is 7.73. The number of carbonyl (C=O) groups is 1. The highest BCUT2D eigenvalue weighted by Crippen LogP contribution is 2.42. The first-order valence-corrected chi connectivity index (χ1v) is 8.71. The van der Waals surface area contributed by atoms with E-state index in [1.165, 1.54) is 17.3 Å². The highest BCUT2D eigenvalue weighted by Gasteiger charge is 2.27. The molecule has 1 saturated carbocycles. The maximum atomic E-state index is 11.3. The van der Waals surface area contributed by atoms with Crippen molar-refractivity contribution in [1.29, 1.82) is 5.26 Å². The van der Waals surface area contributed by atoms with E-state index >= 15 is 0 Å². The van der Waals surface area contributed by atoms with Crippen LogP contribution in [0.1, 0.15) is 42.5 Å². The summed E-state index contributed by atoms with van der Waals surface area (Å²) < 4.78 is 0. The summed E-state index contributed by atoms with van der Waals surface area (Å²) in [7, 11) is 0. The van der Waals surface area contributed by atoms with E-state index in [1.54, 1.807) is 6.92 Å². The Morgan fingerprint density at radius 3 is 2.61 bits per heavy atom. The molecule has 0 bridgehead atoms. The van der Waals surface area contributed by atoms with E-state index in [0.29, 0.717) is 22.3 Å². The lowest BCUT2D eigenvalue weighted by molar-refractivity contribution is -0.114. The molecule has 3 nitrogen and oxygen atoms in total. The van der Waals surface area contributed by atoms with Gasteiger partial charge >= 0.3 is 0 Å². The molecule has 0 radical (unpaired) electrons. The maximum Gasteiger partial charge on any atom is 0.140 e. The van der Waals surface area contributed by atoms with Crippen molar-refractivity contribution in [2.45, 2.75) is 37.6 Å². The average Bonchev–Trinajstić information content (AvgIpc) is 3.37. The molecule has 0 atom stereocenters. The number of nitriles is 1. The van der Waals surface area contributed by atoms with Crippen molar-refractivity contribution in [1.82, 2.24) is 4.98 Å². The van der Waals surface area contributed by atoms with E-state index in [0.717, 1.165) is 29.7 Å². The van der Waals surface area contributed by atoms with Crippen molar-refractivity contribution in [2.24, 2.45) is 0 Å². The van der Waals surface area contributed by atoms with Gasteiger partial charge in [-0.3, -0.25) is 4.79 Å². The molecule has 3 rings (SSSR count). The van der Waals surface area contributed by atoms with Crippen LogP contribution in [0.5, 0.6) is 0 Å². The Bertz CT molecular complexity index is 786. The fourth-order valence-corrected chi connectivity index (χ4v) is 3.28. The summed E-state index contributed by atoms with van der Waals surface area (Å²) in [4.78, 5) is 16.0. The largest absolute Gasteiger partial charge is 0.299 e. The molecule has 0 amide bonds. The molecule has 116 valence electrons. The molecular formula is C19H18N2OS. The summed E-state index contributed by atoms with van der Waals surface area (Å²) in [6.07, 6.45) is 2.31. The number of aryl methyl sites for hydroxylation is 1. The summed E-state index contributed by atoms with van der Waals surface area (Å²) in [5.41, 5.74) is 4.77. The van der Waals surface area contributed by atoms with E-state index in [9.17, 15) is 10.1 Å². The highest BCUT2D eigenvalue weighted by atomic mass is 32.2. The molecule has 1 aliphatic rings. The van der Waals surface area contributed by atoms with Gasteiger partial charge in [-0.05, 0) is 38.3 Å². The second-order valence-corrected chi connectivity index (χ2v) is 6.98. The normalized spacial score (nSPS) is 13.6. The lowest BCUT2D eigenvalue weighted by Crippen LogP contribution is -2.00. The third-order valence-corrected chi connectivity index (χ3v) is 5.01. The molecule has 1 heterocycles. The number of nitrogens with zero attached hydrogens (tertiary/aromatic N) is 2. The number of hydrogen-bond acceptors (Lipinski definition) is 4. The van der Waals surface area contributed by atoms with E-state index in [4.69, 9.17) is 0 Å². The molecular weight excluding hydrogens is 304 g/mol. The van der Waals surface area contributed by atoms with Gasteiger partial charge in [0.25, 0.3) is 0 Å². The zero-order chi connectivity index (χ0) is 16.4. The predicted octanol–water partition coefficient (Wildman–Crippen LogP) is 4.49. The molecule has 23 heavy (non-hydrogen) atoms. The van der Waals surface area contributed by atoms with E-state index in [1.807, 2.05) is 19.1 Å². The van der Waals surface area contributed by atoms with Crippen molar-refractivity contribution < 1.29 is 4.79 Å². The standard InChI is InChI=1S/C19H18N2OS/c1-12-3-5-14(6-4-12)16-9-18(15-7-8-15)21-19(17(16)10-20)23-11-13(2)22/h3-6,9,15H,7-8,11H2,1-2H3. The molecule has 4 heteroatoms. The summed E-state index contributed by atoms with van der Waals surface area (Å²) >= 11 is 1.37. The minimum Gasteiger partial charge on any atom is -0.299 e. The average molecular weight is 322 g/mol.